The van der Waals surface area contributed by atoms with Crippen molar-refractivity contribution in [3.8, 4) is 11.5 Å². The van der Waals surface area contributed by atoms with Crippen LogP contribution in [0, 0.1) is 0 Å². The third kappa shape index (κ3) is 6.27. The highest BCUT2D eigenvalue weighted by Crippen LogP contribution is 2.26. The number of sulfonamides is 1. The van der Waals surface area contributed by atoms with Gasteiger partial charge in [-0.15, -0.1) is 0 Å². The summed E-state index contributed by atoms with van der Waals surface area (Å²) in [6, 6.07) is 17.0. The van der Waals surface area contributed by atoms with Crippen LogP contribution in [0.25, 0.3) is 0 Å². The van der Waals surface area contributed by atoms with Crippen LogP contribution in [-0.4, -0.2) is 28.0 Å². The van der Waals surface area contributed by atoms with Crippen LogP contribution in [0.1, 0.15) is 0 Å². The van der Waals surface area contributed by atoms with Gasteiger partial charge < -0.3 is 14.8 Å². The van der Waals surface area contributed by atoms with Crippen LogP contribution in [0.4, 0.5) is 11.4 Å². The molecular formula is C21H18Cl2N2O5S. The fourth-order valence-electron chi connectivity index (χ4n) is 2.62. The number of amides is 1. The van der Waals surface area contributed by atoms with Gasteiger partial charge in [0.25, 0.3) is 15.9 Å². The van der Waals surface area contributed by atoms with E-state index >= 15 is 0 Å². The maximum atomic E-state index is 12.6. The Bertz CT molecular complexity index is 1160. The summed E-state index contributed by atoms with van der Waals surface area (Å²) in [7, 11) is -2.35. The monoisotopic (exact) mass is 480 g/mol. The number of carbonyl (C=O) groups is 1. The molecule has 0 bridgehead atoms. The van der Waals surface area contributed by atoms with Gasteiger partial charge in [0.1, 0.15) is 11.5 Å². The van der Waals surface area contributed by atoms with E-state index in [1.807, 2.05) is 0 Å². The SMILES string of the molecule is COc1ccccc1NC(=O)COc1ccc(S(=O)(=O)Nc2cc(Cl)cc(Cl)c2)cc1. The van der Waals surface area contributed by atoms with Gasteiger partial charge >= 0.3 is 0 Å². The number of methoxy groups -OCH3 is 1. The quantitative estimate of drug-likeness (QED) is 0.481. The Balaban J connectivity index is 1.61. The maximum Gasteiger partial charge on any atom is 0.262 e. The lowest BCUT2D eigenvalue weighted by Gasteiger charge is -2.11. The Morgan fingerprint density at radius 3 is 2.26 bits per heavy atom. The van der Waals surface area contributed by atoms with Crippen LogP contribution >= 0.6 is 23.2 Å². The molecule has 0 aliphatic rings. The second-order valence-electron chi connectivity index (χ2n) is 6.27. The molecule has 0 saturated heterocycles. The van der Waals surface area contributed by atoms with Gasteiger partial charge in [0.15, 0.2) is 6.61 Å². The highest BCUT2D eigenvalue weighted by Gasteiger charge is 2.15. The van der Waals surface area contributed by atoms with Crippen molar-refractivity contribution in [1.82, 2.24) is 0 Å². The lowest BCUT2D eigenvalue weighted by atomic mass is 10.3. The molecule has 0 aromatic heterocycles. The van der Waals surface area contributed by atoms with Crippen LogP contribution in [0.15, 0.2) is 71.6 Å². The normalized spacial score (nSPS) is 10.9. The first-order valence-corrected chi connectivity index (χ1v) is 11.2. The summed E-state index contributed by atoms with van der Waals surface area (Å²) in [5.74, 6) is 0.472. The average molecular weight is 481 g/mol. The van der Waals surface area contributed by atoms with Crippen molar-refractivity contribution in [2.24, 2.45) is 0 Å². The molecule has 3 aromatic carbocycles. The van der Waals surface area contributed by atoms with Gasteiger partial charge in [-0.3, -0.25) is 9.52 Å². The van der Waals surface area contributed by atoms with Gasteiger partial charge in [-0.2, -0.15) is 0 Å². The van der Waals surface area contributed by atoms with Crippen molar-refractivity contribution < 1.29 is 22.7 Å². The van der Waals surface area contributed by atoms with E-state index in [1.54, 1.807) is 24.3 Å². The minimum absolute atomic E-state index is 0.00872. The summed E-state index contributed by atoms with van der Waals surface area (Å²) < 4.78 is 38.1. The van der Waals surface area contributed by atoms with Crippen molar-refractivity contribution in [3.63, 3.8) is 0 Å². The number of halogens is 2. The fraction of sp³-hybridized carbons (Fsp3) is 0.0952. The molecule has 0 radical (unpaired) electrons. The van der Waals surface area contributed by atoms with Crippen LogP contribution < -0.4 is 19.5 Å². The summed E-state index contributed by atoms with van der Waals surface area (Å²) >= 11 is 11.8. The van der Waals surface area contributed by atoms with E-state index in [9.17, 15) is 13.2 Å². The maximum absolute atomic E-state index is 12.6. The number of carbonyl (C=O) groups excluding carboxylic acids is 1. The van der Waals surface area contributed by atoms with Crippen LogP contribution in [0.3, 0.4) is 0 Å². The second kappa shape index (κ2) is 9.91. The van der Waals surface area contributed by atoms with Crippen LogP contribution in [0.2, 0.25) is 10.0 Å². The molecular weight excluding hydrogens is 463 g/mol. The van der Waals surface area contributed by atoms with Gasteiger partial charge in [-0.25, -0.2) is 8.42 Å². The van der Waals surface area contributed by atoms with Gasteiger partial charge in [0.2, 0.25) is 0 Å². The van der Waals surface area contributed by atoms with E-state index < -0.39 is 10.0 Å². The van der Waals surface area contributed by atoms with E-state index in [2.05, 4.69) is 10.0 Å². The first kappa shape index (κ1) is 22.7. The molecule has 0 aliphatic heterocycles. The number of hydrogen-bond acceptors (Lipinski definition) is 5. The van der Waals surface area contributed by atoms with E-state index in [0.717, 1.165) is 0 Å². The number of hydrogen-bond donors (Lipinski definition) is 2. The number of rotatable bonds is 8. The van der Waals surface area contributed by atoms with Gasteiger partial charge in [-0.1, -0.05) is 35.3 Å². The first-order valence-electron chi connectivity index (χ1n) is 8.91. The van der Waals surface area contributed by atoms with Crippen LogP contribution in [0.5, 0.6) is 11.5 Å². The zero-order chi connectivity index (χ0) is 22.4. The van der Waals surface area contributed by atoms with E-state index in [4.69, 9.17) is 32.7 Å². The number of anilines is 2. The predicted molar refractivity (Wildman–Crippen MR) is 121 cm³/mol. The minimum atomic E-state index is -3.86. The Morgan fingerprint density at radius 2 is 1.61 bits per heavy atom. The average Bonchev–Trinajstić information content (AvgIpc) is 2.72. The van der Waals surface area contributed by atoms with E-state index in [-0.39, 0.29) is 23.1 Å². The topological polar surface area (TPSA) is 93.7 Å². The number of nitrogens with one attached hydrogen (secondary N) is 2. The third-order valence-corrected chi connectivity index (χ3v) is 5.83. The zero-order valence-corrected chi connectivity index (χ0v) is 18.6. The molecule has 1 amide bonds. The lowest BCUT2D eigenvalue weighted by Crippen LogP contribution is -2.20. The Kier molecular flexibility index (Phi) is 7.27. The second-order valence-corrected chi connectivity index (χ2v) is 8.83. The van der Waals surface area contributed by atoms with E-state index in [1.165, 1.54) is 49.6 Å². The molecule has 0 atom stereocenters. The molecule has 0 saturated carbocycles. The van der Waals surface area contributed by atoms with Crippen molar-refractivity contribution in [2.75, 3.05) is 23.8 Å². The molecule has 0 spiro atoms. The van der Waals surface area contributed by atoms with Gasteiger partial charge in [0, 0.05) is 10.0 Å². The molecule has 0 fully saturated rings. The highest BCUT2D eigenvalue weighted by molar-refractivity contribution is 7.92. The molecule has 0 unspecified atom stereocenters. The Labute approximate surface area is 189 Å². The van der Waals surface area contributed by atoms with Crippen molar-refractivity contribution in [3.05, 3.63) is 76.8 Å². The predicted octanol–water partition coefficient (Wildman–Crippen LogP) is 4.82. The molecule has 7 nitrogen and oxygen atoms in total. The molecule has 162 valence electrons. The number of benzene rings is 3. The number of ether oxygens (including phenoxy) is 2. The Hall–Kier alpha value is -2.94. The molecule has 31 heavy (non-hydrogen) atoms. The zero-order valence-electron chi connectivity index (χ0n) is 16.3. The lowest BCUT2D eigenvalue weighted by molar-refractivity contribution is -0.118. The van der Waals surface area contributed by atoms with Crippen LogP contribution in [-0.2, 0) is 14.8 Å². The molecule has 3 aromatic rings. The summed E-state index contributed by atoms with van der Waals surface area (Å²) in [4.78, 5) is 12.1. The molecule has 10 heteroatoms. The molecule has 3 rings (SSSR count). The molecule has 2 N–H and O–H groups in total. The third-order valence-electron chi connectivity index (χ3n) is 4.00. The summed E-state index contributed by atoms with van der Waals surface area (Å²) in [5, 5.41) is 3.30. The van der Waals surface area contributed by atoms with Gasteiger partial charge in [0.05, 0.1) is 23.4 Å². The van der Waals surface area contributed by atoms with Crippen molar-refractivity contribution in [2.45, 2.75) is 4.90 Å². The largest absolute Gasteiger partial charge is 0.495 e. The summed E-state index contributed by atoms with van der Waals surface area (Å²) in [6.07, 6.45) is 0. The standard InChI is InChI=1S/C21H18Cl2N2O5S/c1-29-20-5-3-2-4-19(20)24-21(26)13-30-17-6-8-18(9-7-17)31(27,28)25-16-11-14(22)10-15(23)12-16/h2-12,25H,13H2,1H3,(H,24,26). The molecule has 0 heterocycles. The van der Waals surface area contributed by atoms with E-state index in [0.29, 0.717) is 27.2 Å². The minimum Gasteiger partial charge on any atom is -0.495 e. The summed E-state index contributed by atoms with van der Waals surface area (Å²) in [5.41, 5.74) is 0.762. The highest BCUT2D eigenvalue weighted by atomic mass is 35.5. The van der Waals surface area contributed by atoms with Crippen molar-refractivity contribution >= 4 is 50.5 Å². The van der Waals surface area contributed by atoms with Gasteiger partial charge in [-0.05, 0) is 54.6 Å². The Morgan fingerprint density at radius 1 is 0.968 bits per heavy atom. The van der Waals surface area contributed by atoms with Crippen molar-refractivity contribution in [1.29, 1.82) is 0 Å². The first-order chi connectivity index (χ1) is 14.8. The smallest absolute Gasteiger partial charge is 0.262 e. The number of para-hydroxylation sites is 2. The summed E-state index contributed by atoms with van der Waals surface area (Å²) in [6.45, 7) is -0.261. The molecule has 0 aliphatic carbocycles. The fourth-order valence-corrected chi connectivity index (χ4v) is 4.19.